The van der Waals surface area contributed by atoms with Crippen molar-refractivity contribution in [1.82, 2.24) is 5.32 Å². The van der Waals surface area contributed by atoms with Crippen LogP contribution in [-0.2, 0) is 11.3 Å². The molecule has 5 heteroatoms. The van der Waals surface area contributed by atoms with Crippen molar-refractivity contribution >= 4 is 21.8 Å². The lowest BCUT2D eigenvalue weighted by Crippen LogP contribution is -2.32. The lowest BCUT2D eigenvalue weighted by molar-refractivity contribution is -0.123. The summed E-state index contributed by atoms with van der Waals surface area (Å²) in [7, 11) is 1.62. The number of ether oxygens (including phenoxy) is 1. The van der Waals surface area contributed by atoms with Crippen molar-refractivity contribution in [3.05, 3.63) is 28.2 Å². The number of hydrogen-bond acceptors (Lipinski definition) is 3. The van der Waals surface area contributed by atoms with Crippen molar-refractivity contribution in [2.75, 3.05) is 13.7 Å². The first-order valence-corrected chi connectivity index (χ1v) is 6.96. The normalized spacial score (nSPS) is 11.2. The third kappa shape index (κ3) is 5.20. The van der Waals surface area contributed by atoms with Crippen molar-refractivity contribution in [2.24, 2.45) is 11.1 Å². The standard InChI is InChI=1S/C14H21BrN2O2/c1-14(2,9-16)7-13(18)17-8-10-6-11(15)4-5-12(10)19-3/h4-6H,7-9,16H2,1-3H3,(H,17,18). The van der Waals surface area contributed by atoms with Gasteiger partial charge in [0.05, 0.1) is 7.11 Å². The highest BCUT2D eigenvalue weighted by molar-refractivity contribution is 9.10. The molecule has 0 bridgehead atoms. The molecule has 0 aliphatic rings. The summed E-state index contributed by atoms with van der Waals surface area (Å²) in [6.07, 6.45) is 0.416. The topological polar surface area (TPSA) is 64.3 Å². The summed E-state index contributed by atoms with van der Waals surface area (Å²) in [6.45, 7) is 4.89. The molecule has 1 amide bonds. The molecule has 4 nitrogen and oxygen atoms in total. The summed E-state index contributed by atoms with van der Waals surface area (Å²) in [4.78, 5) is 11.9. The minimum atomic E-state index is -0.175. The van der Waals surface area contributed by atoms with E-state index in [1.807, 2.05) is 32.0 Å². The summed E-state index contributed by atoms with van der Waals surface area (Å²) in [5.74, 6) is 0.763. The summed E-state index contributed by atoms with van der Waals surface area (Å²) in [5.41, 5.74) is 6.39. The van der Waals surface area contributed by atoms with Gasteiger partial charge in [0.1, 0.15) is 5.75 Å². The van der Waals surface area contributed by atoms with Crippen LogP contribution >= 0.6 is 15.9 Å². The van der Waals surface area contributed by atoms with Crippen LogP contribution in [0.1, 0.15) is 25.8 Å². The highest BCUT2D eigenvalue weighted by Gasteiger charge is 2.20. The van der Waals surface area contributed by atoms with Gasteiger partial charge in [-0.1, -0.05) is 29.8 Å². The SMILES string of the molecule is COc1ccc(Br)cc1CNC(=O)CC(C)(C)CN. The second-order valence-corrected chi connectivity index (χ2v) is 6.19. The molecule has 1 aromatic rings. The Morgan fingerprint density at radius 1 is 1.47 bits per heavy atom. The molecule has 0 unspecified atom stereocenters. The van der Waals surface area contributed by atoms with Gasteiger partial charge in [-0.2, -0.15) is 0 Å². The van der Waals surface area contributed by atoms with Gasteiger partial charge in [0.15, 0.2) is 0 Å². The third-order valence-electron chi connectivity index (χ3n) is 2.91. The van der Waals surface area contributed by atoms with E-state index in [4.69, 9.17) is 10.5 Å². The van der Waals surface area contributed by atoms with Gasteiger partial charge in [-0.25, -0.2) is 0 Å². The number of benzene rings is 1. The second-order valence-electron chi connectivity index (χ2n) is 5.28. The Balaban J connectivity index is 2.62. The van der Waals surface area contributed by atoms with E-state index in [1.165, 1.54) is 0 Å². The van der Waals surface area contributed by atoms with Crippen LogP contribution in [0.3, 0.4) is 0 Å². The lowest BCUT2D eigenvalue weighted by Gasteiger charge is -2.21. The minimum Gasteiger partial charge on any atom is -0.496 e. The molecule has 0 radical (unpaired) electrons. The molecule has 0 saturated heterocycles. The molecule has 0 aliphatic carbocycles. The predicted octanol–water partition coefficient (Wildman–Crippen LogP) is 2.45. The van der Waals surface area contributed by atoms with E-state index >= 15 is 0 Å². The first kappa shape index (κ1) is 16.0. The number of hydrogen-bond donors (Lipinski definition) is 2. The van der Waals surface area contributed by atoms with Crippen LogP contribution in [0.4, 0.5) is 0 Å². The predicted molar refractivity (Wildman–Crippen MR) is 80.0 cm³/mol. The van der Waals surface area contributed by atoms with Gasteiger partial charge in [-0.15, -0.1) is 0 Å². The van der Waals surface area contributed by atoms with E-state index in [2.05, 4.69) is 21.2 Å². The van der Waals surface area contributed by atoms with E-state index in [0.29, 0.717) is 19.5 Å². The molecule has 1 rings (SSSR count). The first-order chi connectivity index (χ1) is 8.88. The Hall–Kier alpha value is -1.07. The van der Waals surface area contributed by atoms with Crippen LogP contribution in [0, 0.1) is 5.41 Å². The zero-order chi connectivity index (χ0) is 14.5. The summed E-state index contributed by atoms with van der Waals surface area (Å²) in [5, 5.41) is 2.90. The number of nitrogens with one attached hydrogen (secondary N) is 1. The van der Waals surface area contributed by atoms with E-state index < -0.39 is 0 Å². The molecule has 0 spiro atoms. The molecule has 0 heterocycles. The van der Waals surface area contributed by atoms with Crippen molar-refractivity contribution in [3.8, 4) is 5.75 Å². The number of halogens is 1. The van der Waals surface area contributed by atoms with E-state index in [9.17, 15) is 4.79 Å². The van der Waals surface area contributed by atoms with Crippen molar-refractivity contribution in [2.45, 2.75) is 26.8 Å². The van der Waals surface area contributed by atoms with Crippen LogP contribution < -0.4 is 15.8 Å². The number of carbonyl (C=O) groups excluding carboxylic acids is 1. The van der Waals surface area contributed by atoms with E-state index in [-0.39, 0.29) is 11.3 Å². The maximum atomic E-state index is 11.9. The maximum Gasteiger partial charge on any atom is 0.220 e. The molecule has 0 fully saturated rings. The van der Waals surface area contributed by atoms with E-state index in [1.54, 1.807) is 7.11 Å². The molecule has 0 saturated carbocycles. The maximum absolute atomic E-state index is 11.9. The highest BCUT2D eigenvalue weighted by atomic mass is 79.9. The smallest absolute Gasteiger partial charge is 0.220 e. The first-order valence-electron chi connectivity index (χ1n) is 6.17. The largest absolute Gasteiger partial charge is 0.496 e. The van der Waals surface area contributed by atoms with Crippen LogP contribution in [0.5, 0.6) is 5.75 Å². The average molecular weight is 329 g/mol. The Kier molecular flexibility index (Phi) is 5.82. The molecule has 19 heavy (non-hydrogen) atoms. The van der Waals surface area contributed by atoms with Gasteiger partial charge in [0.25, 0.3) is 0 Å². The summed E-state index contributed by atoms with van der Waals surface area (Å²) in [6, 6.07) is 5.71. The summed E-state index contributed by atoms with van der Waals surface area (Å²) >= 11 is 3.41. The van der Waals surface area contributed by atoms with Crippen LogP contribution in [0.15, 0.2) is 22.7 Å². The fourth-order valence-corrected chi connectivity index (χ4v) is 2.06. The van der Waals surface area contributed by atoms with Crippen LogP contribution in [-0.4, -0.2) is 19.6 Å². The van der Waals surface area contributed by atoms with Crippen LogP contribution in [0.2, 0.25) is 0 Å². The Bertz CT molecular complexity index is 447. The lowest BCUT2D eigenvalue weighted by atomic mass is 9.89. The van der Waals surface area contributed by atoms with Crippen molar-refractivity contribution in [1.29, 1.82) is 0 Å². The quantitative estimate of drug-likeness (QED) is 0.843. The highest BCUT2D eigenvalue weighted by Crippen LogP contribution is 2.23. The molecular weight excluding hydrogens is 308 g/mol. The minimum absolute atomic E-state index is 0.00233. The Labute approximate surface area is 122 Å². The number of rotatable bonds is 6. The zero-order valence-corrected chi connectivity index (χ0v) is 13.2. The fourth-order valence-electron chi connectivity index (χ4n) is 1.65. The van der Waals surface area contributed by atoms with Gasteiger partial charge in [0.2, 0.25) is 5.91 Å². The summed E-state index contributed by atoms with van der Waals surface area (Å²) < 4.78 is 6.22. The van der Waals surface area contributed by atoms with Gasteiger partial charge >= 0.3 is 0 Å². The molecule has 0 atom stereocenters. The molecule has 106 valence electrons. The number of carbonyl (C=O) groups is 1. The van der Waals surface area contributed by atoms with Gasteiger partial charge < -0.3 is 15.8 Å². The second kappa shape index (κ2) is 6.91. The molecule has 0 aliphatic heterocycles. The number of methoxy groups -OCH3 is 1. The molecule has 1 aromatic carbocycles. The third-order valence-corrected chi connectivity index (χ3v) is 3.40. The fraction of sp³-hybridized carbons (Fsp3) is 0.500. The van der Waals surface area contributed by atoms with Crippen molar-refractivity contribution < 1.29 is 9.53 Å². The molecule has 3 N–H and O–H groups in total. The molecule has 0 aromatic heterocycles. The Morgan fingerprint density at radius 3 is 2.74 bits per heavy atom. The Morgan fingerprint density at radius 2 is 2.16 bits per heavy atom. The average Bonchev–Trinajstić information content (AvgIpc) is 2.36. The van der Waals surface area contributed by atoms with Crippen molar-refractivity contribution in [3.63, 3.8) is 0 Å². The number of nitrogens with two attached hydrogens (primary N) is 1. The van der Waals surface area contributed by atoms with E-state index in [0.717, 1.165) is 15.8 Å². The van der Waals surface area contributed by atoms with Gasteiger partial charge in [-0.3, -0.25) is 4.79 Å². The zero-order valence-electron chi connectivity index (χ0n) is 11.6. The number of amides is 1. The van der Waals surface area contributed by atoms with Gasteiger partial charge in [0, 0.05) is 23.0 Å². The van der Waals surface area contributed by atoms with Crippen LogP contribution in [0.25, 0.3) is 0 Å². The van der Waals surface area contributed by atoms with Gasteiger partial charge in [-0.05, 0) is 30.2 Å². The molecular formula is C14H21BrN2O2. The monoisotopic (exact) mass is 328 g/mol.